The summed E-state index contributed by atoms with van der Waals surface area (Å²) >= 11 is 0. The van der Waals surface area contributed by atoms with Gasteiger partial charge in [-0.1, -0.05) is 0 Å². The van der Waals surface area contributed by atoms with Crippen LogP contribution >= 0.6 is 0 Å². The van der Waals surface area contributed by atoms with E-state index in [9.17, 15) is 10.2 Å². The van der Waals surface area contributed by atoms with Gasteiger partial charge in [0, 0.05) is 75.9 Å². The Labute approximate surface area is 227 Å². The van der Waals surface area contributed by atoms with Gasteiger partial charge in [0.05, 0.1) is 11.4 Å². The van der Waals surface area contributed by atoms with Crippen molar-refractivity contribution in [2.75, 3.05) is 75.2 Å². The van der Waals surface area contributed by atoms with Crippen molar-refractivity contribution in [1.29, 1.82) is 0 Å². The molecule has 1 fully saturated rings. The topological polar surface area (TPSA) is 95.7 Å². The molecule has 0 radical (unpaired) electrons. The second kappa shape index (κ2) is 14.2. The number of aromatic hydroxyl groups is 2. The minimum absolute atomic E-state index is 0.312. The van der Waals surface area contributed by atoms with Crippen molar-refractivity contribution in [2.45, 2.75) is 39.5 Å². The summed E-state index contributed by atoms with van der Waals surface area (Å²) in [5.74, 6) is 0.624. The lowest BCUT2D eigenvalue weighted by Crippen LogP contribution is -2.38. The number of benzene rings is 2. The van der Waals surface area contributed by atoms with Crippen molar-refractivity contribution >= 4 is 23.8 Å². The fourth-order valence-corrected chi connectivity index (χ4v) is 5.16. The van der Waals surface area contributed by atoms with Gasteiger partial charge in [0.25, 0.3) is 0 Å². The molecule has 2 aromatic rings. The zero-order valence-corrected chi connectivity index (χ0v) is 23.0. The third-order valence-corrected chi connectivity index (χ3v) is 7.17. The first-order valence-corrected chi connectivity index (χ1v) is 14.1. The van der Waals surface area contributed by atoms with Crippen molar-refractivity contribution in [3.63, 3.8) is 0 Å². The van der Waals surface area contributed by atoms with E-state index in [1.165, 1.54) is 0 Å². The summed E-state index contributed by atoms with van der Waals surface area (Å²) in [6.45, 7) is 12.3. The van der Waals surface area contributed by atoms with E-state index in [1.807, 2.05) is 24.6 Å². The summed E-state index contributed by atoms with van der Waals surface area (Å²) in [4.78, 5) is 13.8. The van der Waals surface area contributed by atoms with Crippen LogP contribution in [0.2, 0.25) is 0 Å². The third kappa shape index (κ3) is 7.71. The van der Waals surface area contributed by atoms with Gasteiger partial charge in [-0.15, -0.1) is 0 Å². The molecule has 8 heteroatoms. The van der Waals surface area contributed by atoms with E-state index in [2.05, 4.69) is 56.4 Å². The molecule has 0 aromatic heterocycles. The number of rotatable bonds is 0. The molecule has 8 nitrogen and oxygen atoms in total. The van der Waals surface area contributed by atoms with Crippen LogP contribution < -0.4 is 20.4 Å². The van der Waals surface area contributed by atoms with Gasteiger partial charge in [0.15, 0.2) is 0 Å². The van der Waals surface area contributed by atoms with E-state index < -0.39 is 0 Å². The van der Waals surface area contributed by atoms with Crippen LogP contribution in [-0.2, 0) is 0 Å². The maximum Gasteiger partial charge on any atom is 0.147 e. The summed E-state index contributed by atoms with van der Waals surface area (Å²) in [6, 6.07) is 8.17. The van der Waals surface area contributed by atoms with Crippen molar-refractivity contribution in [3.8, 4) is 11.5 Å². The van der Waals surface area contributed by atoms with Gasteiger partial charge in [0.2, 0.25) is 0 Å². The van der Waals surface area contributed by atoms with Crippen LogP contribution in [0.25, 0.3) is 0 Å². The first kappa shape index (κ1) is 27.9. The molecule has 3 heterocycles. The highest BCUT2D eigenvalue weighted by Gasteiger charge is 2.17. The molecule has 0 aliphatic carbocycles. The molecular weight excluding hydrogens is 476 g/mol. The lowest BCUT2D eigenvalue weighted by Gasteiger charge is -2.29. The van der Waals surface area contributed by atoms with Crippen molar-refractivity contribution < 1.29 is 10.2 Å². The maximum atomic E-state index is 11.2. The van der Waals surface area contributed by atoms with Gasteiger partial charge in [-0.2, -0.15) is 0 Å². The molecule has 3 aliphatic heterocycles. The predicted molar refractivity (Wildman–Crippen MR) is 159 cm³/mol. The van der Waals surface area contributed by atoms with E-state index in [0.717, 1.165) is 112 Å². The average molecular weight is 521 g/mol. The summed E-state index contributed by atoms with van der Waals surface area (Å²) in [5, 5.41) is 29.5. The van der Waals surface area contributed by atoms with Crippen LogP contribution in [0.4, 0.5) is 11.4 Å². The molecule has 0 unspecified atom stereocenters. The molecule has 3 aliphatic rings. The Morgan fingerprint density at radius 1 is 0.605 bits per heavy atom. The average Bonchev–Trinajstić information content (AvgIpc) is 2.89. The second-order valence-electron chi connectivity index (χ2n) is 10.4. The summed E-state index contributed by atoms with van der Waals surface area (Å²) < 4.78 is 0. The van der Waals surface area contributed by atoms with Crippen LogP contribution in [0.3, 0.4) is 0 Å². The molecule has 5 rings (SSSR count). The number of hydrogen-bond donors (Lipinski definition) is 4. The van der Waals surface area contributed by atoms with Crippen LogP contribution in [0.15, 0.2) is 34.3 Å². The van der Waals surface area contributed by atoms with E-state index in [0.29, 0.717) is 24.6 Å². The number of phenols is 2. The minimum atomic E-state index is 0.312. The number of fused-ring (bicyclic) bond motifs is 15. The van der Waals surface area contributed by atoms with Crippen LogP contribution in [0.1, 0.15) is 47.9 Å². The Morgan fingerprint density at radius 3 is 1.50 bits per heavy atom. The highest BCUT2D eigenvalue weighted by Crippen LogP contribution is 2.33. The van der Waals surface area contributed by atoms with Gasteiger partial charge >= 0.3 is 0 Å². The number of hydrogen-bond acceptors (Lipinski definition) is 8. The molecule has 0 saturated carbocycles. The van der Waals surface area contributed by atoms with Crippen LogP contribution in [0, 0.1) is 13.8 Å². The van der Waals surface area contributed by atoms with Gasteiger partial charge < -0.3 is 30.6 Å². The maximum absolute atomic E-state index is 11.2. The normalized spacial score (nSPS) is 18.6. The molecule has 38 heavy (non-hydrogen) atoms. The summed E-state index contributed by atoms with van der Waals surface area (Å²) in [7, 11) is 0. The predicted octanol–water partition coefficient (Wildman–Crippen LogP) is 3.63. The van der Waals surface area contributed by atoms with Crippen molar-refractivity contribution in [1.82, 2.24) is 10.6 Å². The third-order valence-electron chi connectivity index (χ3n) is 7.17. The van der Waals surface area contributed by atoms with E-state index in [4.69, 9.17) is 0 Å². The van der Waals surface area contributed by atoms with E-state index >= 15 is 0 Å². The Bertz CT molecular complexity index is 1010. The number of phenolic OH excluding ortho intramolecular Hbond substituents is 2. The van der Waals surface area contributed by atoms with Gasteiger partial charge in [0.1, 0.15) is 11.5 Å². The lowest BCUT2D eigenvalue weighted by atomic mass is 10.1. The van der Waals surface area contributed by atoms with Crippen molar-refractivity contribution in [2.24, 2.45) is 9.98 Å². The van der Waals surface area contributed by atoms with Gasteiger partial charge in [-0.25, -0.2) is 0 Å². The summed E-state index contributed by atoms with van der Waals surface area (Å²) in [6.07, 6.45) is 7.38. The second-order valence-corrected chi connectivity index (χ2v) is 10.4. The monoisotopic (exact) mass is 520 g/mol. The molecule has 6 bridgehead atoms. The van der Waals surface area contributed by atoms with Crippen LogP contribution in [0.5, 0.6) is 11.5 Å². The molecule has 0 atom stereocenters. The zero-order chi connectivity index (χ0) is 26.7. The summed E-state index contributed by atoms with van der Waals surface area (Å²) in [5.41, 5.74) is 5.56. The standard InChI is InChI=1S/C30H44N6O2/c1-23-17-25-21-33-7-3-4-8-34-22-26-18-24(2)20-28(30(26)38)36-14-6-10-31-11-15-35(27(19-23)29(25)37)13-5-9-32-12-16-36/h17-22,31-32,37-38H,3-16H2,1-2H3. The highest BCUT2D eigenvalue weighted by atomic mass is 16.3. The largest absolute Gasteiger partial charge is 0.505 e. The smallest absolute Gasteiger partial charge is 0.147 e. The number of nitrogens with zero attached hydrogens (tertiary/aromatic N) is 4. The Kier molecular flexibility index (Phi) is 10.4. The zero-order valence-electron chi connectivity index (χ0n) is 23.0. The Hall–Kier alpha value is -3.10. The number of anilines is 2. The van der Waals surface area contributed by atoms with E-state index in [-0.39, 0.29) is 0 Å². The molecule has 206 valence electrons. The number of aliphatic imine (C=N–C) groups is 2. The fraction of sp³-hybridized carbons (Fsp3) is 0.533. The first-order chi connectivity index (χ1) is 18.5. The highest BCUT2D eigenvalue weighted by molar-refractivity contribution is 5.88. The SMILES string of the molecule is Cc1cc2c(O)c(c1)N1CCCNCCN(CCCNCC1)c1cc(C)cc(c1O)C=NCCCCN=C2. The molecule has 0 spiro atoms. The molecule has 2 aromatic carbocycles. The molecule has 4 N–H and O–H groups in total. The number of nitrogens with one attached hydrogen (secondary N) is 2. The van der Waals surface area contributed by atoms with Crippen LogP contribution in [-0.4, -0.2) is 88.1 Å². The first-order valence-electron chi connectivity index (χ1n) is 14.1. The van der Waals surface area contributed by atoms with E-state index in [1.54, 1.807) is 0 Å². The Balaban J connectivity index is 1.64. The minimum Gasteiger partial charge on any atom is -0.505 e. The van der Waals surface area contributed by atoms with Crippen molar-refractivity contribution in [3.05, 3.63) is 46.5 Å². The lowest BCUT2D eigenvalue weighted by molar-refractivity contribution is 0.469. The molecular formula is C30H44N6O2. The molecule has 0 amide bonds. The van der Waals surface area contributed by atoms with Gasteiger partial charge in [-0.3, -0.25) is 9.98 Å². The molecule has 1 saturated heterocycles. The quantitative estimate of drug-likeness (QED) is 0.424. The fourth-order valence-electron chi connectivity index (χ4n) is 5.16. The number of aryl methyl sites for hydroxylation is 2. The van der Waals surface area contributed by atoms with Gasteiger partial charge in [-0.05, 0) is 88.0 Å². The Morgan fingerprint density at radius 2 is 1.05 bits per heavy atom.